The number of carbonyl (C=O) groups is 3. The van der Waals surface area contributed by atoms with Crippen LogP contribution in [-0.2, 0) is 19.1 Å². The fourth-order valence-electron chi connectivity index (χ4n) is 2.04. The second-order valence-corrected chi connectivity index (χ2v) is 7.35. The highest BCUT2D eigenvalue weighted by atomic mass is 16.6. The summed E-state index contributed by atoms with van der Waals surface area (Å²) in [5.74, 6) is -0.943. The molecule has 0 saturated heterocycles. The van der Waals surface area contributed by atoms with Gasteiger partial charge in [0.25, 0.3) is 0 Å². The number of ether oxygens (including phenoxy) is 2. The third-order valence-electron chi connectivity index (χ3n) is 3.17. The summed E-state index contributed by atoms with van der Waals surface area (Å²) in [5, 5.41) is 11.5. The number of rotatable bonds is 10. The molecule has 0 aromatic rings. The van der Waals surface area contributed by atoms with Crippen LogP contribution in [0.15, 0.2) is 0 Å². The topological polar surface area (TPSA) is 102 Å². The summed E-state index contributed by atoms with van der Waals surface area (Å²) in [4.78, 5) is 33.9. The zero-order chi connectivity index (χ0) is 18.8. The van der Waals surface area contributed by atoms with Gasteiger partial charge in [-0.25, -0.2) is 4.79 Å². The van der Waals surface area contributed by atoms with Crippen LogP contribution in [0.5, 0.6) is 0 Å². The largest absolute Gasteiger partial charge is 0.481 e. The first-order valence-corrected chi connectivity index (χ1v) is 8.32. The van der Waals surface area contributed by atoms with E-state index in [4.69, 9.17) is 14.6 Å². The predicted octanol–water partition coefficient (Wildman–Crippen LogP) is 2.83. The third kappa shape index (κ3) is 11.7. The molecule has 0 fully saturated rings. The van der Waals surface area contributed by atoms with E-state index in [2.05, 4.69) is 5.32 Å². The van der Waals surface area contributed by atoms with Crippen molar-refractivity contribution in [2.45, 2.75) is 53.9 Å². The molecule has 0 heterocycles. The van der Waals surface area contributed by atoms with Gasteiger partial charge in [0.15, 0.2) is 0 Å². The summed E-state index contributed by atoms with van der Waals surface area (Å²) >= 11 is 0. The SMILES string of the molecule is CC(C)CC(CNC(=O)OCCCOC(=O)C(C)(C)C)CC(=O)O. The number of carboxylic acids is 1. The van der Waals surface area contributed by atoms with Crippen LogP contribution in [0.1, 0.15) is 53.9 Å². The van der Waals surface area contributed by atoms with E-state index in [1.165, 1.54) is 0 Å². The molecule has 1 amide bonds. The van der Waals surface area contributed by atoms with Crippen molar-refractivity contribution in [1.82, 2.24) is 5.32 Å². The molecular formula is C17H31NO6. The lowest BCUT2D eigenvalue weighted by Gasteiger charge is -2.18. The van der Waals surface area contributed by atoms with Gasteiger partial charge >= 0.3 is 18.0 Å². The number of carbonyl (C=O) groups excluding carboxylic acids is 2. The minimum atomic E-state index is -0.878. The van der Waals surface area contributed by atoms with Crippen LogP contribution in [0.2, 0.25) is 0 Å². The maximum absolute atomic E-state index is 11.6. The highest BCUT2D eigenvalue weighted by Gasteiger charge is 2.22. The van der Waals surface area contributed by atoms with Crippen LogP contribution in [0, 0.1) is 17.3 Å². The number of hydrogen-bond acceptors (Lipinski definition) is 5. The van der Waals surface area contributed by atoms with Crippen molar-refractivity contribution in [3.63, 3.8) is 0 Å². The highest BCUT2D eigenvalue weighted by molar-refractivity contribution is 5.75. The molecule has 7 heteroatoms. The summed E-state index contributed by atoms with van der Waals surface area (Å²) < 4.78 is 10.0. The molecule has 24 heavy (non-hydrogen) atoms. The van der Waals surface area contributed by atoms with Crippen molar-refractivity contribution in [2.75, 3.05) is 19.8 Å². The van der Waals surface area contributed by atoms with Crippen LogP contribution >= 0.6 is 0 Å². The summed E-state index contributed by atoms with van der Waals surface area (Å²) in [6.45, 7) is 9.91. The smallest absolute Gasteiger partial charge is 0.407 e. The Bertz CT molecular complexity index is 414. The van der Waals surface area contributed by atoms with Gasteiger partial charge in [-0.1, -0.05) is 13.8 Å². The molecule has 1 atom stereocenters. The maximum atomic E-state index is 11.6. The minimum absolute atomic E-state index is 0.0151. The van der Waals surface area contributed by atoms with Gasteiger partial charge in [-0.2, -0.15) is 0 Å². The molecule has 0 aliphatic rings. The van der Waals surface area contributed by atoms with Gasteiger partial charge in [0.2, 0.25) is 0 Å². The van der Waals surface area contributed by atoms with Crippen LogP contribution in [0.4, 0.5) is 4.79 Å². The van der Waals surface area contributed by atoms with Gasteiger partial charge in [0.1, 0.15) is 0 Å². The predicted molar refractivity (Wildman–Crippen MR) is 89.6 cm³/mol. The molecule has 0 radical (unpaired) electrons. The zero-order valence-electron chi connectivity index (χ0n) is 15.4. The number of nitrogens with one attached hydrogen (secondary N) is 1. The van der Waals surface area contributed by atoms with E-state index in [1.807, 2.05) is 13.8 Å². The molecular weight excluding hydrogens is 314 g/mol. The Morgan fingerprint density at radius 1 is 1.08 bits per heavy atom. The van der Waals surface area contributed by atoms with E-state index in [1.54, 1.807) is 20.8 Å². The number of esters is 1. The van der Waals surface area contributed by atoms with Crippen LogP contribution in [0.3, 0.4) is 0 Å². The van der Waals surface area contributed by atoms with E-state index < -0.39 is 17.5 Å². The van der Waals surface area contributed by atoms with Crippen LogP contribution in [0.25, 0.3) is 0 Å². The van der Waals surface area contributed by atoms with Crippen molar-refractivity contribution >= 4 is 18.0 Å². The standard InChI is InChI=1S/C17H31NO6/c1-12(2)9-13(10-14(19)20)11-18-16(22)24-8-6-7-23-15(21)17(3,4)5/h12-13H,6-11H2,1-5H3,(H,18,22)(H,19,20). The molecule has 140 valence electrons. The van der Waals surface area contributed by atoms with Gasteiger partial charge in [-0.05, 0) is 39.0 Å². The molecule has 0 aromatic heterocycles. The molecule has 0 bridgehead atoms. The number of aliphatic carboxylic acids is 1. The zero-order valence-corrected chi connectivity index (χ0v) is 15.4. The second-order valence-electron chi connectivity index (χ2n) is 7.35. The molecule has 0 saturated carbocycles. The number of amides is 1. The van der Waals surface area contributed by atoms with E-state index >= 15 is 0 Å². The van der Waals surface area contributed by atoms with E-state index in [-0.39, 0.29) is 38.1 Å². The number of carboxylic acid groups (broad SMARTS) is 1. The van der Waals surface area contributed by atoms with Crippen LogP contribution in [-0.4, -0.2) is 42.9 Å². The monoisotopic (exact) mass is 345 g/mol. The van der Waals surface area contributed by atoms with E-state index in [0.29, 0.717) is 12.3 Å². The molecule has 0 aromatic carbocycles. The Hall–Kier alpha value is -1.79. The lowest BCUT2D eigenvalue weighted by molar-refractivity contribution is -0.153. The summed E-state index contributed by atoms with van der Waals surface area (Å²) in [6, 6.07) is 0. The maximum Gasteiger partial charge on any atom is 0.407 e. The van der Waals surface area contributed by atoms with Crippen molar-refractivity contribution in [1.29, 1.82) is 0 Å². The average Bonchev–Trinajstić information content (AvgIpc) is 2.41. The Kier molecular flexibility index (Phi) is 10.1. The Morgan fingerprint density at radius 2 is 1.67 bits per heavy atom. The summed E-state index contributed by atoms with van der Waals surface area (Å²) in [6.07, 6.45) is 0.562. The summed E-state index contributed by atoms with van der Waals surface area (Å²) in [5.41, 5.74) is -0.548. The molecule has 0 aliphatic heterocycles. The quantitative estimate of drug-likeness (QED) is 0.466. The van der Waals surface area contributed by atoms with Gasteiger partial charge in [0.05, 0.1) is 18.6 Å². The van der Waals surface area contributed by atoms with Gasteiger partial charge in [-0.15, -0.1) is 0 Å². The number of hydrogen-bond donors (Lipinski definition) is 2. The summed E-state index contributed by atoms with van der Waals surface area (Å²) in [7, 11) is 0. The highest BCUT2D eigenvalue weighted by Crippen LogP contribution is 2.15. The molecule has 2 N–H and O–H groups in total. The minimum Gasteiger partial charge on any atom is -0.481 e. The molecule has 1 unspecified atom stereocenters. The Morgan fingerprint density at radius 3 is 2.17 bits per heavy atom. The first-order valence-electron chi connectivity index (χ1n) is 8.32. The van der Waals surface area contributed by atoms with Crippen molar-refractivity contribution in [3.05, 3.63) is 0 Å². The normalized spacial score (nSPS) is 12.6. The van der Waals surface area contributed by atoms with Gasteiger partial charge in [0, 0.05) is 19.4 Å². The molecule has 0 rings (SSSR count). The third-order valence-corrected chi connectivity index (χ3v) is 3.17. The molecule has 7 nitrogen and oxygen atoms in total. The Labute approximate surface area is 144 Å². The van der Waals surface area contributed by atoms with E-state index in [9.17, 15) is 14.4 Å². The molecule has 0 spiro atoms. The number of alkyl carbamates (subject to hydrolysis) is 1. The Balaban J connectivity index is 3.92. The first kappa shape index (κ1) is 22.2. The van der Waals surface area contributed by atoms with E-state index in [0.717, 1.165) is 6.42 Å². The first-order chi connectivity index (χ1) is 11.0. The van der Waals surface area contributed by atoms with Crippen molar-refractivity contribution < 1.29 is 29.0 Å². The fraction of sp³-hybridized carbons (Fsp3) is 0.824. The van der Waals surface area contributed by atoms with Crippen molar-refractivity contribution in [2.24, 2.45) is 17.3 Å². The van der Waals surface area contributed by atoms with Gasteiger partial charge < -0.3 is 19.9 Å². The average molecular weight is 345 g/mol. The van der Waals surface area contributed by atoms with Crippen LogP contribution < -0.4 is 5.32 Å². The van der Waals surface area contributed by atoms with Crippen molar-refractivity contribution in [3.8, 4) is 0 Å². The lowest BCUT2D eigenvalue weighted by atomic mass is 9.94. The molecule has 0 aliphatic carbocycles. The fourth-order valence-corrected chi connectivity index (χ4v) is 2.04. The van der Waals surface area contributed by atoms with Gasteiger partial charge in [-0.3, -0.25) is 9.59 Å². The lowest BCUT2D eigenvalue weighted by Crippen LogP contribution is -2.32. The second kappa shape index (κ2) is 10.9.